The van der Waals surface area contributed by atoms with Gasteiger partial charge in [-0.15, -0.1) is 0 Å². The van der Waals surface area contributed by atoms with E-state index in [-0.39, 0.29) is 5.91 Å². The summed E-state index contributed by atoms with van der Waals surface area (Å²) in [5, 5.41) is 5.62. The van der Waals surface area contributed by atoms with Crippen LogP contribution in [0.4, 0.5) is 11.6 Å². The quantitative estimate of drug-likeness (QED) is 0.776. The largest absolute Gasteiger partial charge is 0.373 e. The number of carbonyl (C=O) groups is 1. The number of nitrogens with zero attached hydrogens (tertiary/aromatic N) is 2. The molecule has 0 saturated heterocycles. The maximum absolute atomic E-state index is 11.4. The molecule has 5 nitrogen and oxygen atoms in total. The summed E-state index contributed by atoms with van der Waals surface area (Å²) in [4.78, 5) is 17.8. The number of carbonyl (C=O) groups excluding carboxylic acids is 1. The third-order valence-electron chi connectivity index (χ3n) is 2.42. The molecule has 0 atom stereocenters. The van der Waals surface area contributed by atoms with Crippen LogP contribution < -0.4 is 15.5 Å². The Morgan fingerprint density at radius 2 is 2.18 bits per heavy atom. The van der Waals surface area contributed by atoms with Crippen LogP contribution in [0.3, 0.4) is 0 Å². The van der Waals surface area contributed by atoms with Crippen LogP contribution in [0.15, 0.2) is 18.2 Å². The first kappa shape index (κ1) is 13.3. The zero-order valence-corrected chi connectivity index (χ0v) is 10.7. The summed E-state index contributed by atoms with van der Waals surface area (Å²) in [7, 11) is 3.47. The van der Waals surface area contributed by atoms with E-state index in [2.05, 4.69) is 22.5 Å². The summed E-state index contributed by atoms with van der Waals surface area (Å²) in [6, 6.07) is 5.74. The van der Waals surface area contributed by atoms with Gasteiger partial charge in [-0.3, -0.25) is 4.79 Å². The lowest BCUT2D eigenvalue weighted by Gasteiger charge is -2.22. The fraction of sp³-hybridized carbons (Fsp3) is 0.500. The van der Waals surface area contributed by atoms with E-state index in [1.165, 1.54) is 0 Å². The Balaban J connectivity index is 2.84. The van der Waals surface area contributed by atoms with Gasteiger partial charge in [-0.05, 0) is 18.6 Å². The van der Waals surface area contributed by atoms with Gasteiger partial charge in [0.25, 0.3) is 0 Å². The van der Waals surface area contributed by atoms with Crippen LogP contribution >= 0.6 is 0 Å². The zero-order chi connectivity index (χ0) is 12.7. The number of amides is 1. The van der Waals surface area contributed by atoms with E-state index < -0.39 is 0 Å². The second kappa shape index (κ2) is 6.73. The third kappa shape index (κ3) is 3.94. The van der Waals surface area contributed by atoms with E-state index in [4.69, 9.17) is 0 Å². The van der Waals surface area contributed by atoms with E-state index in [0.29, 0.717) is 6.54 Å². The molecule has 0 fully saturated rings. The summed E-state index contributed by atoms with van der Waals surface area (Å²) < 4.78 is 0. The molecule has 1 aromatic heterocycles. The molecule has 0 aliphatic rings. The van der Waals surface area contributed by atoms with Gasteiger partial charge in [0.15, 0.2) is 0 Å². The highest BCUT2D eigenvalue weighted by Gasteiger charge is 2.11. The van der Waals surface area contributed by atoms with E-state index in [9.17, 15) is 4.79 Å². The van der Waals surface area contributed by atoms with Crippen molar-refractivity contribution in [2.75, 3.05) is 37.4 Å². The van der Waals surface area contributed by atoms with E-state index >= 15 is 0 Å². The van der Waals surface area contributed by atoms with Crippen LogP contribution in [0.1, 0.15) is 13.3 Å². The van der Waals surface area contributed by atoms with Crippen LogP contribution in [0, 0.1) is 0 Å². The minimum Gasteiger partial charge on any atom is -0.373 e. The second-order valence-corrected chi connectivity index (χ2v) is 3.73. The van der Waals surface area contributed by atoms with Gasteiger partial charge in [-0.2, -0.15) is 0 Å². The predicted molar refractivity (Wildman–Crippen MR) is 70.4 cm³/mol. The molecule has 0 aliphatic heterocycles. The molecule has 0 radical (unpaired) electrons. The summed E-state index contributed by atoms with van der Waals surface area (Å²) >= 11 is 0. The molecule has 0 aromatic carbocycles. The van der Waals surface area contributed by atoms with E-state index in [1.54, 1.807) is 7.05 Å². The lowest BCUT2D eigenvalue weighted by atomic mass is 10.3. The molecule has 1 aromatic rings. The van der Waals surface area contributed by atoms with Crippen molar-refractivity contribution in [2.24, 2.45) is 0 Å². The van der Waals surface area contributed by atoms with E-state index in [0.717, 1.165) is 24.6 Å². The highest BCUT2D eigenvalue weighted by atomic mass is 16.1. The Bertz CT molecular complexity index is 367. The number of anilines is 2. The molecular formula is C12H20N4O. The minimum atomic E-state index is -0.00453. The fourth-order valence-corrected chi connectivity index (χ4v) is 1.54. The van der Waals surface area contributed by atoms with E-state index in [1.807, 2.05) is 30.1 Å². The van der Waals surface area contributed by atoms with Crippen molar-refractivity contribution in [3.63, 3.8) is 0 Å². The van der Waals surface area contributed by atoms with Crippen LogP contribution in [0.5, 0.6) is 0 Å². The normalized spacial score (nSPS) is 9.82. The van der Waals surface area contributed by atoms with Gasteiger partial charge in [0.2, 0.25) is 5.91 Å². The third-order valence-corrected chi connectivity index (χ3v) is 2.42. The lowest BCUT2D eigenvalue weighted by molar-refractivity contribution is -0.119. The Morgan fingerprint density at radius 3 is 2.76 bits per heavy atom. The Labute approximate surface area is 102 Å². The van der Waals surface area contributed by atoms with Crippen molar-refractivity contribution in [1.82, 2.24) is 10.3 Å². The maximum atomic E-state index is 11.4. The number of nitrogens with one attached hydrogen (secondary N) is 2. The number of likely N-dealkylation sites (N-methyl/N-ethyl adjacent to an activating group) is 1. The van der Waals surface area contributed by atoms with Crippen molar-refractivity contribution in [1.29, 1.82) is 0 Å². The van der Waals surface area contributed by atoms with Crippen molar-refractivity contribution in [3.8, 4) is 0 Å². The summed E-state index contributed by atoms with van der Waals surface area (Å²) in [5.41, 5.74) is 0. The van der Waals surface area contributed by atoms with Gasteiger partial charge in [0.05, 0.1) is 6.54 Å². The fourth-order valence-electron chi connectivity index (χ4n) is 1.54. The molecule has 0 spiro atoms. The monoisotopic (exact) mass is 236 g/mol. The molecule has 0 bridgehead atoms. The molecule has 0 unspecified atom stereocenters. The van der Waals surface area contributed by atoms with Gasteiger partial charge < -0.3 is 15.5 Å². The summed E-state index contributed by atoms with van der Waals surface area (Å²) in [5.74, 6) is 1.62. The van der Waals surface area contributed by atoms with Crippen LogP contribution in [-0.2, 0) is 4.79 Å². The molecule has 1 heterocycles. The highest BCUT2D eigenvalue weighted by molar-refractivity contribution is 5.80. The summed E-state index contributed by atoms with van der Waals surface area (Å²) in [6.07, 6.45) is 0.975. The van der Waals surface area contributed by atoms with Crippen LogP contribution in [0.2, 0.25) is 0 Å². The van der Waals surface area contributed by atoms with Gasteiger partial charge >= 0.3 is 0 Å². The minimum absolute atomic E-state index is 0.00453. The number of aromatic nitrogens is 1. The van der Waals surface area contributed by atoms with Gasteiger partial charge in [-0.1, -0.05) is 13.0 Å². The topological polar surface area (TPSA) is 57.3 Å². The van der Waals surface area contributed by atoms with Crippen LogP contribution in [-0.4, -0.2) is 38.1 Å². The molecule has 0 aliphatic carbocycles. The Morgan fingerprint density at radius 1 is 1.41 bits per heavy atom. The van der Waals surface area contributed by atoms with Crippen LogP contribution in [0.25, 0.3) is 0 Å². The second-order valence-electron chi connectivity index (χ2n) is 3.73. The highest BCUT2D eigenvalue weighted by Crippen LogP contribution is 2.14. The first-order chi connectivity index (χ1) is 8.21. The first-order valence-corrected chi connectivity index (χ1v) is 5.81. The van der Waals surface area contributed by atoms with Gasteiger partial charge in [0, 0.05) is 20.6 Å². The van der Waals surface area contributed by atoms with Crippen molar-refractivity contribution < 1.29 is 4.79 Å². The van der Waals surface area contributed by atoms with Crippen molar-refractivity contribution in [3.05, 3.63) is 18.2 Å². The molecule has 94 valence electrons. The number of hydrogen-bond donors (Lipinski definition) is 2. The standard InChI is InChI=1S/C12H20N4O/c1-4-8-16(9-12(17)14-3)11-7-5-6-10(13-2)15-11/h5-7H,4,8-9H2,1-3H3,(H,13,15)(H,14,17). The number of pyridine rings is 1. The average Bonchev–Trinajstić information content (AvgIpc) is 2.38. The average molecular weight is 236 g/mol. The first-order valence-electron chi connectivity index (χ1n) is 5.81. The lowest BCUT2D eigenvalue weighted by Crippen LogP contribution is -2.36. The molecule has 0 saturated carbocycles. The number of rotatable bonds is 6. The SMILES string of the molecule is CCCN(CC(=O)NC)c1cccc(NC)n1. The van der Waals surface area contributed by atoms with Crippen molar-refractivity contribution in [2.45, 2.75) is 13.3 Å². The molecule has 1 amide bonds. The van der Waals surface area contributed by atoms with Crippen molar-refractivity contribution >= 4 is 17.5 Å². The number of hydrogen-bond acceptors (Lipinski definition) is 4. The smallest absolute Gasteiger partial charge is 0.239 e. The maximum Gasteiger partial charge on any atom is 0.239 e. The Kier molecular flexibility index (Phi) is 5.26. The predicted octanol–water partition coefficient (Wildman–Crippen LogP) is 1.09. The molecule has 1 rings (SSSR count). The van der Waals surface area contributed by atoms with Gasteiger partial charge in [0.1, 0.15) is 11.6 Å². The molecular weight excluding hydrogens is 216 g/mol. The van der Waals surface area contributed by atoms with Gasteiger partial charge in [-0.25, -0.2) is 4.98 Å². The molecule has 17 heavy (non-hydrogen) atoms. The zero-order valence-electron chi connectivity index (χ0n) is 10.7. The molecule has 2 N–H and O–H groups in total. The summed E-state index contributed by atoms with van der Waals surface area (Å²) in [6.45, 7) is 3.23. The molecule has 5 heteroatoms. The Hall–Kier alpha value is -1.78.